The molecule has 1 rings (SSSR count). The summed E-state index contributed by atoms with van der Waals surface area (Å²) in [5, 5.41) is 1.49. The van der Waals surface area contributed by atoms with Crippen molar-refractivity contribution in [1.82, 2.24) is 0 Å². The number of hydrogen-bond acceptors (Lipinski definition) is 0. The third kappa shape index (κ3) is 4.13. The highest BCUT2D eigenvalue weighted by Crippen LogP contribution is 2.13. The average molecular weight is 259 g/mol. The van der Waals surface area contributed by atoms with Crippen molar-refractivity contribution >= 4 is 22.8 Å². The van der Waals surface area contributed by atoms with Crippen LogP contribution in [0, 0.1) is 0 Å². The smallest absolute Gasteiger partial charge is 0.103 e. The van der Waals surface area contributed by atoms with Crippen molar-refractivity contribution in [3.8, 4) is 0 Å². The van der Waals surface area contributed by atoms with Crippen molar-refractivity contribution in [1.29, 1.82) is 0 Å². The molecule has 2 radical (unpaired) electrons. The van der Waals surface area contributed by atoms with E-state index < -0.39 is 8.07 Å². The van der Waals surface area contributed by atoms with Gasteiger partial charge in [0.05, 0.1) is 9.52 Å². The lowest BCUT2D eigenvalue weighted by atomic mass is 10.1. The Morgan fingerprint density at radius 2 is 2.06 bits per heavy atom. The summed E-state index contributed by atoms with van der Waals surface area (Å²) in [4.78, 5) is 0. The molecular weight excluding hydrogens is 236 g/mol. The first kappa shape index (κ1) is 14.2. The largest absolute Gasteiger partial charge is 0.107 e. The molecule has 0 bridgehead atoms. The van der Waals surface area contributed by atoms with Crippen LogP contribution in [0.1, 0.15) is 12.5 Å². The fourth-order valence-electron chi connectivity index (χ4n) is 1.83. The maximum atomic E-state index is 3.98. The molecule has 0 aliphatic heterocycles. The lowest BCUT2D eigenvalue weighted by Gasteiger charge is -2.19. The van der Waals surface area contributed by atoms with Gasteiger partial charge in [-0.3, -0.25) is 0 Å². The van der Waals surface area contributed by atoms with Crippen LogP contribution in [0.2, 0.25) is 18.6 Å². The second-order valence-corrected chi connectivity index (χ2v) is 11.3. The van der Waals surface area contributed by atoms with Crippen LogP contribution >= 0.6 is 0 Å². The van der Waals surface area contributed by atoms with Gasteiger partial charge in [-0.05, 0) is 17.5 Å². The van der Waals surface area contributed by atoms with Crippen LogP contribution in [0.4, 0.5) is 0 Å². The minimum atomic E-state index is -1.41. The first-order chi connectivity index (χ1) is 7.99. The van der Waals surface area contributed by atoms with Gasteiger partial charge in [0.1, 0.15) is 8.07 Å². The van der Waals surface area contributed by atoms with E-state index in [2.05, 4.69) is 63.1 Å². The third-order valence-electron chi connectivity index (χ3n) is 3.13. The van der Waals surface area contributed by atoms with Gasteiger partial charge in [0, 0.05) is 0 Å². The van der Waals surface area contributed by atoms with Crippen LogP contribution < -0.4 is 5.19 Å². The normalized spacial score (nSPS) is 13.1. The van der Waals surface area contributed by atoms with E-state index in [1.807, 2.05) is 5.70 Å². The maximum Gasteiger partial charge on any atom is 0.103 e. The Bertz CT molecular complexity index is 394. The molecule has 0 spiro atoms. The minimum Gasteiger partial charge on any atom is -0.107 e. The molecule has 1 unspecified atom stereocenters. The Kier molecular flexibility index (Phi) is 5.15. The highest BCUT2D eigenvalue weighted by Gasteiger charge is 2.19. The van der Waals surface area contributed by atoms with Gasteiger partial charge < -0.3 is 0 Å². The standard InChI is InChI=1S/C15H22Si2/c1-6-16-13(3)11-14-9-8-10-15(12-14)17(4,5)7-2/h6-10,12-13H,1-2,11H2,3-5H3. The molecule has 0 aromatic heterocycles. The van der Waals surface area contributed by atoms with Gasteiger partial charge in [0.15, 0.2) is 0 Å². The Balaban J connectivity index is 2.86. The zero-order valence-corrected chi connectivity index (χ0v) is 13.2. The predicted octanol–water partition coefficient (Wildman–Crippen LogP) is 3.53. The molecule has 0 aliphatic carbocycles. The maximum absolute atomic E-state index is 3.98. The molecule has 0 amide bonds. The van der Waals surface area contributed by atoms with E-state index in [0.29, 0.717) is 5.54 Å². The van der Waals surface area contributed by atoms with Gasteiger partial charge in [0.25, 0.3) is 0 Å². The van der Waals surface area contributed by atoms with E-state index in [0.717, 1.165) is 15.9 Å². The van der Waals surface area contributed by atoms with Gasteiger partial charge in [-0.15, -0.1) is 18.9 Å². The average Bonchev–Trinajstić information content (AvgIpc) is 2.29. The summed E-state index contributed by atoms with van der Waals surface area (Å²) in [7, 11) is -0.555. The molecule has 0 saturated heterocycles. The Morgan fingerprint density at radius 3 is 2.65 bits per heavy atom. The summed E-state index contributed by atoms with van der Waals surface area (Å²) in [5.74, 6) is 0. The molecule has 90 valence electrons. The first-order valence-corrected chi connectivity index (χ1v) is 10.3. The zero-order chi connectivity index (χ0) is 12.9. The summed E-state index contributed by atoms with van der Waals surface area (Å²) in [6, 6.07) is 9.05. The SMILES string of the molecule is C=C[Si]C(C)Cc1cccc([Si](C)(C)C=C)c1. The summed E-state index contributed by atoms with van der Waals surface area (Å²) < 4.78 is 0. The molecule has 17 heavy (non-hydrogen) atoms. The highest BCUT2D eigenvalue weighted by molar-refractivity contribution is 6.93. The third-order valence-corrected chi connectivity index (χ3v) is 6.95. The number of rotatable bonds is 6. The second-order valence-electron chi connectivity index (χ2n) is 5.10. The molecule has 0 fully saturated rings. The summed E-state index contributed by atoms with van der Waals surface area (Å²) in [6.45, 7) is 14.8. The minimum absolute atomic E-state index is 0.705. The van der Waals surface area contributed by atoms with E-state index in [1.165, 1.54) is 10.8 Å². The van der Waals surface area contributed by atoms with Crippen LogP contribution in [0.15, 0.2) is 48.8 Å². The quantitative estimate of drug-likeness (QED) is 0.685. The van der Waals surface area contributed by atoms with E-state index in [-0.39, 0.29) is 0 Å². The van der Waals surface area contributed by atoms with Crippen molar-refractivity contribution in [2.45, 2.75) is 32.0 Å². The molecule has 0 saturated carbocycles. The zero-order valence-electron chi connectivity index (χ0n) is 11.2. The number of benzene rings is 1. The van der Waals surface area contributed by atoms with Crippen LogP contribution in [-0.2, 0) is 6.42 Å². The van der Waals surface area contributed by atoms with Crippen LogP contribution in [0.3, 0.4) is 0 Å². The van der Waals surface area contributed by atoms with E-state index >= 15 is 0 Å². The molecule has 0 nitrogen and oxygen atoms in total. The Morgan fingerprint density at radius 1 is 1.35 bits per heavy atom. The van der Waals surface area contributed by atoms with Gasteiger partial charge in [-0.2, -0.15) is 0 Å². The molecular formula is C15H22Si2. The van der Waals surface area contributed by atoms with Crippen LogP contribution in [0.5, 0.6) is 0 Å². The van der Waals surface area contributed by atoms with Crippen molar-refractivity contribution in [3.63, 3.8) is 0 Å². The van der Waals surface area contributed by atoms with Gasteiger partial charge in [-0.25, -0.2) is 0 Å². The number of hydrogen-bond donors (Lipinski definition) is 0. The van der Waals surface area contributed by atoms with Crippen LogP contribution in [-0.4, -0.2) is 17.6 Å². The van der Waals surface area contributed by atoms with Gasteiger partial charge in [-0.1, -0.05) is 55.2 Å². The molecule has 2 heteroatoms. The molecule has 1 aromatic carbocycles. The van der Waals surface area contributed by atoms with Crippen molar-refractivity contribution in [3.05, 3.63) is 54.4 Å². The topological polar surface area (TPSA) is 0 Å². The second kappa shape index (κ2) is 6.17. The fourth-order valence-corrected chi connectivity index (χ4v) is 3.91. The lowest BCUT2D eigenvalue weighted by Crippen LogP contribution is -2.39. The molecule has 0 N–H and O–H groups in total. The fraction of sp³-hybridized carbons (Fsp3) is 0.333. The van der Waals surface area contributed by atoms with Gasteiger partial charge >= 0.3 is 0 Å². The van der Waals surface area contributed by atoms with Crippen LogP contribution in [0.25, 0.3) is 0 Å². The van der Waals surface area contributed by atoms with E-state index in [9.17, 15) is 0 Å². The monoisotopic (exact) mass is 258 g/mol. The van der Waals surface area contributed by atoms with Crippen molar-refractivity contribution in [2.24, 2.45) is 0 Å². The molecule has 1 aromatic rings. The van der Waals surface area contributed by atoms with E-state index in [1.54, 1.807) is 0 Å². The Labute approximate surface area is 109 Å². The summed E-state index contributed by atoms with van der Waals surface area (Å²) in [5.41, 5.74) is 6.35. The lowest BCUT2D eigenvalue weighted by molar-refractivity contribution is 0.909. The highest BCUT2D eigenvalue weighted by atomic mass is 28.3. The molecule has 0 aliphatic rings. The predicted molar refractivity (Wildman–Crippen MR) is 82.8 cm³/mol. The molecule has 1 atom stereocenters. The van der Waals surface area contributed by atoms with Crippen molar-refractivity contribution in [2.75, 3.05) is 0 Å². The first-order valence-electron chi connectivity index (χ1n) is 6.09. The molecule has 0 heterocycles. The van der Waals surface area contributed by atoms with Gasteiger partial charge in [0.2, 0.25) is 0 Å². The summed E-state index contributed by atoms with van der Waals surface area (Å²) >= 11 is 0. The summed E-state index contributed by atoms with van der Waals surface area (Å²) in [6.07, 6.45) is 1.15. The van der Waals surface area contributed by atoms with Crippen molar-refractivity contribution < 1.29 is 0 Å². The van der Waals surface area contributed by atoms with E-state index in [4.69, 9.17) is 0 Å². The Hall–Kier alpha value is -0.866.